The molecule has 0 saturated carbocycles. The molecule has 1 atom stereocenters. The van der Waals surface area contributed by atoms with Gasteiger partial charge in [-0.2, -0.15) is 4.98 Å². The molecule has 1 aromatic rings. The fraction of sp³-hybridized carbons (Fsp3) is 0.762. The number of ether oxygens (including phenoxy) is 1. The summed E-state index contributed by atoms with van der Waals surface area (Å²) in [6.45, 7) is 11.0. The van der Waals surface area contributed by atoms with E-state index in [0.29, 0.717) is 18.7 Å². The monoisotopic (exact) mass is 442 g/mol. The summed E-state index contributed by atoms with van der Waals surface area (Å²) in [5.41, 5.74) is -1.95. The van der Waals surface area contributed by atoms with Crippen LogP contribution in [-0.2, 0) is 36.0 Å². The van der Waals surface area contributed by atoms with Gasteiger partial charge in [-0.1, -0.05) is 18.5 Å². The molecule has 1 aromatic heterocycles. The molecule has 0 fully saturated rings. The van der Waals surface area contributed by atoms with Gasteiger partial charge in [0.05, 0.1) is 19.6 Å². The lowest BCUT2D eigenvalue weighted by molar-refractivity contribution is -0.154. The van der Waals surface area contributed by atoms with Crippen molar-refractivity contribution in [3.05, 3.63) is 11.7 Å². The molecule has 0 saturated heterocycles. The van der Waals surface area contributed by atoms with E-state index in [1.165, 1.54) is 0 Å². The first-order valence-corrected chi connectivity index (χ1v) is 12.1. The molecule has 0 bridgehead atoms. The van der Waals surface area contributed by atoms with E-state index in [2.05, 4.69) is 28.9 Å². The number of hydrogen-bond acceptors (Lipinski definition) is 8. The molecule has 1 rings (SSSR count). The van der Waals surface area contributed by atoms with Gasteiger partial charge in [0.15, 0.2) is 11.5 Å². The highest BCUT2D eigenvalue weighted by Crippen LogP contribution is 2.54. The lowest BCUT2D eigenvalue weighted by atomic mass is 10.2. The lowest BCUT2D eigenvalue weighted by Crippen LogP contribution is -2.34. The van der Waals surface area contributed by atoms with E-state index in [1.807, 2.05) is 0 Å². The van der Waals surface area contributed by atoms with Gasteiger partial charge in [-0.15, -0.1) is 11.8 Å². The molecule has 1 heterocycles. The molecule has 0 radical (unpaired) electrons. The van der Waals surface area contributed by atoms with E-state index in [1.54, 1.807) is 34.6 Å². The van der Waals surface area contributed by atoms with Crippen LogP contribution in [0, 0.1) is 11.8 Å². The number of carbonyl (C=O) groups excluding carboxylic acids is 1. The van der Waals surface area contributed by atoms with Gasteiger partial charge in [-0.05, 0) is 41.0 Å². The lowest BCUT2D eigenvalue weighted by Gasteiger charge is -2.27. The van der Waals surface area contributed by atoms with Crippen LogP contribution in [0.1, 0.15) is 78.9 Å². The highest BCUT2D eigenvalue weighted by molar-refractivity contribution is 7.55. The van der Waals surface area contributed by atoms with Gasteiger partial charge >= 0.3 is 13.6 Å². The van der Waals surface area contributed by atoms with Crippen molar-refractivity contribution >= 4 is 13.6 Å². The van der Waals surface area contributed by atoms with Gasteiger partial charge in [0.25, 0.3) is 0 Å². The first-order chi connectivity index (χ1) is 14.1. The molecule has 0 aliphatic heterocycles. The van der Waals surface area contributed by atoms with Crippen LogP contribution in [-0.4, -0.2) is 40.6 Å². The second-order valence-corrected chi connectivity index (χ2v) is 9.91. The van der Waals surface area contributed by atoms with E-state index in [-0.39, 0.29) is 25.5 Å². The summed E-state index contributed by atoms with van der Waals surface area (Å²) in [7, 11) is -3.79. The molecule has 0 amide bonds. The predicted octanol–water partition coefficient (Wildman–Crippen LogP) is 4.71. The van der Waals surface area contributed by atoms with Crippen molar-refractivity contribution in [2.24, 2.45) is 0 Å². The minimum absolute atomic E-state index is 0.0959. The Labute approximate surface area is 180 Å². The third kappa shape index (κ3) is 9.42. The summed E-state index contributed by atoms with van der Waals surface area (Å²) in [6, 6.07) is 0. The maximum atomic E-state index is 13.3. The number of nitrogens with zero attached hydrogens (tertiary/aromatic N) is 2. The van der Waals surface area contributed by atoms with Crippen LogP contribution in [0.4, 0.5) is 0 Å². The first-order valence-electron chi connectivity index (χ1n) is 10.5. The molecule has 9 heteroatoms. The minimum atomic E-state index is -3.79. The normalized spacial score (nSPS) is 12.9. The quantitative estimate of drug-likeness (QED) is 0.198. The van der Waals surface area contributed by atoms with E-state index < -0.39 is 24.8 Å². The number of aryl methyl sites for hydroxylation is 1. The number of aromatic nitrogens is 2. The average molecular weight is 442 g/mol. The number of esters is 1. The van der Waals surface area contributed by atoms with E-state index in [4.69, 9.17) is 18.3 Å². The van der Waals surface area contributed by atoms with Crippen LogP contribution >= 0.6 is 7.60 Å². The molecule has 8 nitrogen and oxygen atoms in total. The number of rotatable bonds is 12. The topological polar surface area (TPSA) is 101 Å². The van der Waals surface area contributed by atoms with Crippen LogP contribution in [0.5, 0.6) is 0 Å². The molecular formula is C21H35N2O6P. The molecule has 1 unspecified atom stereocenters. The Morgan fingerprint density at radius 3 is 2.33 bits per heavy atom. The fourth-order valence-electron chi connectivity index (χ4n) is 2.53. The Morgan fingerprint density at radius 1 is 1.13 bits per heavy atom. The SMILES string of the molecule is CCCCC#CCCc1noc(CC(C(=O)OC(C)(C)C)P(=O)(OCC)OCC)n1. The van der Waals surface area contributed by atoms with Crippen LogP contribution in [0.3, 0.4) is 0 Å². The fourth-order valence-corrected chi connectivity index (χ4v) is 4.37. The summed E-state index contributed by atoms with van der Waals surface area (Å²) in [5.74, 6) is 6.18. The number of carbonyl (C=O) groups is 1. The third-order valence-electron chi connectivity index (χ3n) is 3.81. The van der Waals surface area contributed by atoms with Gasteiger partial charge in [-0.25, -0.2) is 0 Å². The summed E-state index contributed by atoms with van der Waals surface area (Å²) < 4.78 is 34.8. The summed E-state index contributed by atoms with van der Waals surface area (Å²) in [5, 5.41) is 3.93. The number of unbranched alkanes of at least 4 members (excludes halogenated alkanes) is 2. The summed E-state index contributed by atoms with van der Waals surface area (Å²) in [6.07, 6.45) is 4.15. The Bertz CT molecular complexity index is 750. The zero-order valence-corrected chi connectivity index (χ0v) is 19.9. The van der Waals surface area contributed by atoms with Gasteiger partial charge in [0.2, 0.25) is 5.89 Å². The Kier molecular flexibility index (Phi) is 11.3. The number of hydrogen-bond donors (Lipinski definition) is 0. The van der Waals surface area contributed by atoms with Crippen molar-refractivity contribution < 1.29 is 27.7 Å². The van der Waals surface area contributed by atoms with Crippen molar-refractivity contribution in [2.45, 2.75) is 91.3 Å². The highest BCUT2D eigenvalue weighted by atomic mass is 31.2. The zero-order chi connectivity index (χ0) is 22.6. The van der Waals surface area contributed by atoms with Gasteiger partial charge in [0.1, 0.15) is 5.60 Å². The van der Waals surface area contributed by atoms with E-state index in [0.717, 1.165) is 19.3 Å². The summed E-state index contributed by atoms with van der Waals surface area (Å²) >= 11 is 0. The maximum absolute atomic E-state index is 13.3. The van der Waals surface area contributed by atoms with Crippen molar-refractivity contribution in [3.63, 3.8) is 0 Å². The van der Waals surface area contributed by atoms with Crippen molar-refractivity contribution in [3.8, 4) is 11.8 Å². The largest absolute Gasteiger partial charge is 0.459 e. The zero-order valence-electron chi connectivity index (χ0n) is 19.0. The molecule has 0 aromatic carbocycles. The molecule has 0 aliphatic carbocycles. The van der Waals surface area contributed by atoms with Crippen molar-refractivity contribution in [1.82, 2.24) is 10.1 Å². The van der Waals surface area contributed by atoms with Crippen LogP contribution < -0.4 is 0 Å². The maximum Gasteiger partial charge on any atom is 0.345 e. The van der Waals surface area contributed by atoms with Crippen molar-refractivity contribution in [1.29, 1.82) is 0 Å². The molecule has 0 spiro atoms. The third-order valence-corrected chi connectivity index (χ3v) is 6.20. The Balaban J connectivity index is 2.93. The van der Waals surface area contributed by atoms with E-state index in [9.17, 15) is 9.36 Å². The van der Waals surface area contributed by atoms with Gasteiger partial charge in [-0.3, -0.25) is 9.36 Å². The molecule has 0 N–H and O–H groups in total. The standard InChI is InChI=1S/C21H35N2O6P/c1-7-10-11-12-13-14-15-18-22-19(29-23-18)16-17(20(24)28-21(4,5)6)30(25,26-8-2)27-9-3/h17H,7-11,14-16H2,1-6H3. The summed E-state index contributed by atoms with van der Waals surface area (Å²) in [4.78, 5) is 17.1. The van der Waals surface area contributed by atoms with Gasteiger partial charge < -0.3 is 18.3 Å². The second kappa shape index (κ2) is 12.9. The van der Waals surface area contributed by atoms with Gasteiger partial charge in [0, 0.05) is 19.3 Å². The Morgan fingerprint density at radius 2 is 1.77 bits per heavy atom. The second-order valence-electron chi connectivity index (χ2n) is 7.69. The first kappa shape index (κ1) is 26.4. The molecule has 0 aliphatic rings. The Hall–Kier alpha value is -1.68. The molecular weight excluding hydrogens is 407 g/mol. The predicted molar refractivity (Wildman–Crippen MR) is 114 cm³/mol. The molecule has 170 valence electrons. The molecule has 30 heavy (non-hydrogen) atoms. The average Bonchev–Trinajstić information content (AvgIpc) is 3.09. The van der Waals surface area contributed by atoms with E-state index >= 15 is 0 Å². The van der Waals surface area contributed by atoms with Crippen LogP contribution in [0.25, 0.3) is 0 Å². The van der Waals surface area contributed by atoms with Crippen LogP contribution in [0.2, 0.25) is 0 Å². The van der Waals surface area contributed by atoms with Crippen molar-refractivity contribution in [2.75, 3.05) is 13.2 Å². The smallest absolute Gasteiger partial charge is 0.345 e. The van der Waals surface area contributed by atoms with Crippen LogP contribution in [0.15, 0.2) is 4.52 Å². The highest BCUT2D eigenvalue weighted by Gasteiger charge is 2.44. The minimum Gasteiger partial charge on any atom is -0.459 e.